The van der Waals surface area contributed by atoms with Crippen molar-refractivity contribution in [1.82, 2.24) is 4.90 Å². The van der Waals surface area contributed by atoms with Gasteiger partial charge in [-0.3, -0.25) is 9.69 Å². The summed E-state index contributed by atoms with van der Waals surface area (Å²) in [5.41, 5.74) is 0.244. The summed E-state index contributed by atoms with van der Waals surface area (Å²) in [6, 6.07) is 0. The van der Waals surface area contributed by atoms with Gasteiger partial charge in [0.15, 0.2) is 0 Å². The molecule has 0 aromatic rings. The average molecular weight is 281 g/mol. The Morgan fingerprint density at radius 1 is 1.05 bits per heavy atom. The van der Waals surface area contributed by atoms with Gasteiger partial charge < -0.3 is 4.74 Å². The smallest absolute Gasteiger partial charge is 0.307 e. The first-order chi connectivity index (χ1) is 9.52. The molecule has 116 valence electrons. The van der Waals surface area contributed by atoms with Gasteiger partial charge in [0.1, 0.15) is 0 Å². The Labute approximate surface area is 124 Å². The molecule has 2 fully saturated rings. The molecule has 2 aliphatic rings. The number of ether oxygens (including phenoxy) is 1. The number of hydrogen-bond donors (Lipinski definition) is 0. The maximum Gasteiger partial charge on any atom is 0.307 e. The number of carbonyl (C=O) groups excluding carboxylic acids is 1. The molecule has 1 heterocycles. The third-order valence-corrected chi connectivity index (χ3v) is 5.61. The van der Waals surface area contributed by atoms with Gasteiger partial charge in [-0.1, -0.05) is 33.1 Å². The van der Waals surface area contributed by atoms with Crippen LogP contribution < -0.4 is 0 Å². The van der Waals surface area contributed by atoms with Gasteiger partial charge in [-0.2, -0.15) is 0 Å². The van der Waals surface area contributed by atoms with E-state index in [2.05, 4.69) is 18.7 Å². The second-order valence-corrected chi connectivity index (χ2v) is 7.15. The molecule has 1 saturated heterocycles. The van der Waals surface area contributed by atoms with Crippen molar-refractivity contribution in [1.29, 1.82) is 0 Å². The predicted octanol–water partition coefficient (Wildman–Crippen LogP) is 3.76. The highest BCUT2D eigenvalue weighted by atomic mass is 16.5. The van der Waals surface area contributed by atoms with Crippen molar-refractivity contribution in [3.8, 4) is 0 Å². The van der Waals surface area contributed by atoms with E-state index < -0.39 is 0 Å². The number of rotatable bonds is 4. The molecule has 0 spiro atoms. The van der Waals surface area contributed by atoms with Crippen molar-refractivity contribution in [2.24, 2.45) is 5.41 Å². The Morgan fingerprint density at radius 3 is 2.20 bits per heavy atom. The Bertz CT molecular complexity index is 332. The Morgan fingerprint density at radius 2 is 1.70 bits per heavy atom. The summed E-state index contributed by atoms with van der Waals surface area (Å²) in [6.07, 6.45) is 9.43. The summed E-state index contributed by atoms with van der Waals surface area (Å²) in [5, 5.41) is 0. The van der Waals surface area contributed by atoms with E-state index >= 15 is 0 Å². The fourth-order valence-corrected chi connectivity index (χ4v) is 4.37. The lowest BCUT2D eigenvalue weighted by Gasteiger charge is -2.49. The van der Waals surface area contributed by atoms with Gasteiger partial charge in [-0.25, -0.2) is 0 Å². The third-order valence-electron chi connectivity index (χ3n) is 5.61. The molecular weight excluding hydrogens is 250 g/mol. The van der Waals surface area contributed by atoms with Crippen LogP contribution in [0.3, 0.4) is 0 Å². The summed E-state index contributed by atoms with van der Waals surface area (Å²) < 4.78 is 5.28. The monoisotopic (exact) mass is 281 g/mol. The van der Waals surface area contributed by atoms with E-state index in [0.29, 0.717) is 13.0 Å². The summed E-state index contributed by atoms with van der Waals surface area (Å²) in [5.74, 6) is -0.00766. The van der Waals surface area contributed by atoms with E-state index in [-0.39, 0.29) is 16.9 Å². The van der Waals surface area contributed by atoms with E-state index in [4.69, 9.17) is 4.74 Å². The molecule has 20 heavy (non-hydrogen) atoms. The molecule has 1 saturated carbocycles. The number of hydrogen-bond acceptors (Lipinski definition) is 3. The summed E-state index contributed by atoms with van der Waals surface area (Å²) in [7, 11) is 0. The number of esters is 1. The normalized spacial score (nSPS) is 30.9. The van der Waals surface area contributed by atoms with Gasteiger partial charge in [0.05, 0.1) is 13.0 Å². The van der Waals surface area contributed by atoms with Gasteiger partial charge in [0, 0.05) is 5.54 Å². The molecular formula is C17H31NO2. The minimum atomic E-state index is -0.00766. The van der Waals surface area contributed by atoms with E-state index in [1.807, 2.05) is 6.92 Å². The van der Waals surface area contributed by atoms with E-state index in [9.17, 15) is 4.79 Å². The minimum Gasteiger partial charge on any atom is -0.466 e. The van der Waals surface area contributed by atoms with Crippen LogP contribution in [0.2, 0.25) is 0 Å². The van der Waals surface area contributed by atoms with Crippen LogP contribution in [0.15, 0.2) is 0 Å². The van der Waals surface area contributed by atoms with Crippen molar-refractivity contribution < 1.29 is 9.53 Å². The van der Waals surface area contributed by atoms with Crippen molar-refractivity contribution in [3.05, 3.63) is 0 Å². The molecule has 0 aromatic heterocycles. The van der Waals surface area contributed by atoms with Crippen LogP contribution in [-0.4, -0.2) is 36.1 Å². The lowest BCUT2D eigenvalue weighted by molar-refractivity contribution is -0.149. The number of nitrogens with zero attached hydrogens (tertiary/aromatic N) is 1. The summed E-state index contributed by atoms with van der Waals surface area (Å²) in [4.78, 5) is 14.8. The van der Waals surface area contributed by atoms with Gasteiger partial charge >= 0.3 is 5.97 Å². The predicted molar refractivity (Wildman–Crippen MR) is 81.7 cm³/mol. The summed E-state index contributed by atoms with van der Waals surface area (Å²) in [6.45, 7) is 9.41. The Hall–Kier alpha value is -0.570. The lowest BCUT2D eigenvalue weighted by atomic mass is 9.71. The highest BCUT2D eigenvalue weighted by Crippen LogP contribution is 2.52. The van der Waals surface area contributed by atoms with Gasteiger partial charge in [0.25, 0.3) is 0 Å². The first-order valence-corrected chi connectivity index (χ1v) is 8.42. The third kappa shape index (κ3) is 3.03. The maximum absolute atomic E-state index is 12.2. The Balaban J connectivity index is 2.21. The molecule has 1 atom stereocenters. The van der Waals surface area contributed by atoms with Gasteiger partial charge in [-0.15, -0.1) is 0 Å². The molecule has 3 nitrogen and oxygen atoms in total. The molecule has 0 radical (unpaired) electrons. The molecule has 0 bridgehead atoms. The lowest BCUT2D eigenvalue weighted by Crippen LogP contribution is -2.56. The zero-order valence-electron chi connectivity index (χ0n) is 13.5. The number of carbonyl (C=O) groups is 1. The molecule has 0 N–H and O–H groups in total. The number of likely N-dealkylation sites (tertiary alicyclic amines) is 1. The van der Waals surface area contributed by atoms with Gasteiger partial charge in [0.2, 0.25) is 0 Å². The standard InChI is InChI=1S/C17H31NO2/c1-4-20-15(19)14-17(11-9-10-16(17,2)3)18-12-7-5-6-8-13-18/h4-14H2,1-3H3. The first-order valence-electron chi connectivity index (χ1n) is 8.42. The van der Waals surface area contributed by atoms with Crippen LogP contribution in [0.4, 0.5) is 0 Å². The van der Waals surface area contributed by atoms with Crippen LogP contribution in [0.5, 0.6) is 0 Å². The van der Waals surface area contributed by atoms with Crippen LogP contribution in [0.25, 0.3) is 0 Å². The van der Waals surface area contributed by atoms with E-state index in [1.165, 1.54) is 38.5 Å². The van der Waals surface area contributed by atoms with E-state index in [0.717, 1.165) is 19.5 Å². The van der Waals surface area contributed by atoms with Crippen LogP contribution in [-0.2, 0) is 9.53 Å². The van der Waals surface area contributed by atoms with Crippen LogP contribution >= 0.6 is 0 Å². The maximum atomic E-state index is 12.2. The quantitative estimate of drug-likeness (QED) is 0.735. The molecule has 3 heteroatoms. The second kappa shape index (κ2) is 6.46. The highest BCUT2D eigenvalue weighted by Gasteiger charge is 2.53. The molecule has 1 aliphatic heterocycles. The van der Waals surface area contributed by atoms with Crippen LogP contribution in [0.1, 0.15) is 72.1 Å². The van der Waals surface area contributed by atoms with Crippen molar-refractivity contribution in [3.63, 3.8) is 0 Å². The molecule has 1 unspecified atom stereocenters. The topological polar surface area (TPSA) is 29.5 Å². The zero-order valence-corrected chi connectivity index (χ0v) is 13.5. The molecule has 1 aliphatic carbocycles. The molecule has 2 rings (SSSR count). The van der Waals surface area contributed by atoms with E-state index in [1.54, 1.807) is 0 Å². The SMILES string of the molecule is CCOC(=O)CC1(N2CCCCCC2)CCCC1(C)C. The second-order valence-electron chi connectivity index (χ2n) is 7.15. The fraction of sp³-hybridized carbons (Fsp3) is 0.941. The molecule has 0 aromatic carbocycles. The zero-order chi connectivity index (χ0) is 14.6. The van der Waals surface area contributed by atoms with Gasteiger partial charge in [-0.05, 0) is 51.1 Å². The Kier molecular flexibility index (Phi) is 5.11. The largest absolute Gasteiger partial charge is 0.466 e. The first kappa shape index (κ1) is 15.8. The summed E-state index contributed by atoms with van der Waals surface area (Å²) >= 11 is 0. The minimum absolute atomic E-state index is 0.00766. The van der Waals surface area contributed by atoms with Crippen molar-refractivity contribution >= 4 is 5.97 Å². The average Bonchev–Trinajstić information content (AvgIpc) is 2.60. The fourth-order valence-electron chi connectivity index (χ4n) is 4.37. The highest BCUT2D eigenvalue weighted by molar-refractivity contribution is 5.71. The van der Waals surface area contributed by atoms with Crippen molar-refractivity contribution in [2.45, 2.75) is 77.7 Å². The van der Waals surface area contributed by atoms with Crippen LogP contribution in [0, 0.1) is 5.41 Å². The van der Waals surface area contributed by atoms with Crippen molar-refractivity contribution in [2.75, 3.05) is 19.7 Å². The molecule has 0 amide bonds.